The Balaban J connectivity index is 2.19. The van der Waals surface area contributed by atoms with Crippen molar-refractivity contribution in [3.8, 4) is 5.75 Å². The van der Waals surface area contributed by atoms with Crippen LogP contribution < -0.4 is 15.8 Å². The standard InChI is InChI=1S/C33H48N2O6/c1-8-33(9-2,24-12-10-23(21(3)18-24)11-16-28(36)32(5,6)7)25-13-15-27(22(4)19-25)41-20-30(38)35-26(31(39)40)14-17-29(34)37/h10,12-13,15,18-19,26,28,36H,8-9,11,14,16-17,20H2,1-7H3,(H2,34,37)(H,35,38)(H,39,40)/t26-,28?/m1/s1. The van der Waals surface area contributed by atoms with Crippen LogP contribution in [0.25, 0.3) is 0 Å². The third-order valence-corrected chi connectivity index (χ3v) is 8.19. The number of primary amides is 1. The smallest absolute Gasteiger partial charge is 0.326 e. The molecule has 0 spiro atoms. The van der Waals surface area contributed by atoms with Gasteiger partial charge in [-0.3, -0.25) is 9.59 Å². The summed E-state index contributed by atoms with van der Waals surface area (Å²) in [7, 11) is 0. The van der Waals surface area contributed by atoms with Crippen LogP contribution in [-0.4, -0.2) is 46.7 Å². The summed E-state index contributed by atoms with van der Waals surface area (Å²) in [5.41, 5.74) is 10.5. The van der Waals surface area contributed by atoms with Crippen molar-refractivity contribution in [1.82, 2.24) is 5.32 Å². The number of amides is 2. The second-order valence-corrected chi connectivity index (χ2v) is 12.1. The van der Waals surface area contributed by atoms with Gasteiger partial charge in [0, 0.05) is 11.8 Å². The molecule has 0 aliphatic heterocycles. The lowest BCUT2D eigenvalue weighted by atomic mass is 9.69. The second-order valence-electron chi connectivity index (χ2n) is 12.1. The SMILES string of the molecule is CCC(CC)(c1ccc(CCC(O)C(C)(C)C)c(C)c1)c1ccc(OCC(=O)N[C@H](CCC(N)=O)C(=O)O)c(C)c1. The number of ether oxygens (including phenoxy) is 1. The van der Waals surface area contributed by atoms with Gasteiger partial charge in [-0.05, 0) is 85.3 Å². The Morgan fingerprint density at radius 3 is 2.02 bits per heavy atom. The van der Waals surface area contributed by atoms with Crippen LogP contribution in [0.1, 0.15) is 94.5 Å². The quantitative estimate of drug-likeness (QED) is 0.239. The van der Waals surface area contributed by atoms with E-state index < -0.39 is 23.8 Å². The predicted molar refractivity (Wildman–Crippen MR) is 161 cm³/mol. The monoisotopic (exact) mass is 568 g/mol. The molecule has 0 radical (unpaired) electrons. The lowest BCUT2D eigenvalue weighted by Gasteiger charge is -2.34. The Morgan fingerprint density at radius 2 is 1.54 bits per heavy atom. The topological polar surface area (TPSA) is 139 Å². The molecule has 0 bridgehead atoms. The molecule has 2 aromatic rings. The Kier molecular flexibility index (Phi) is 11.9. The maximum atomic E-state index is 12.4. The van der Waals surface area contributed by atoms with Crippen molar-refractivity contribution in [1.29, 1.82) is 0 Å². The van der Waals surface area contributed by atoms with Crippen molar-refractivity contribution < 1.29 is 29.3 Å². The number of hydrogen-bond acceptors (Lipinski definition) is 5. The van der Waals surface area contributed by atoms with E-state index in [2.05, 4.69) is 71.1 Å². The largest absolute Gasteiger partial charge is 0.484 e. The summed E-state index contributed by atoms with van der Waals surface area (Å²) in [6.07, 6.45) is 2.76. The van der Waals surface area contributed by atoms with Crippen LogP contribution in [0.2, 0.25) is 0 Å². The van der Waals surface area contributed by atoms with Gasteiger partial charge < -0.3 is 26.0 Å². The zero-order chi connectivity index (χ0) is 31.0. The zero-order valence-electron chi connectivity index (χ0n) is 25.7. The van der Waals surface area contributed by atoms with Crippen LogP contribution in [-0.2, 0) is 26.2 Å². The number of aliphatic hydroxyl groups is 1. The molecule has 8 nitrogen and oxygen atoms in total. The van der Waals surface area contributed by atoms with E-state index >= 15 is 0 Å². The van der Waals surface area contributed by atoms with Gasteiger partial charge in [-0.2, -0.15) is 0 Å². The fourth-order valence-electron chi connectivity index (χ4n) is 5.26. The molecule has 2 aromatic carbocycles. The summed E-state index contributed by atoms with van der Waals surface area (Å²) in [5.74, 6) is -1.92. The first-order chi connectivity index (χ1) is 19.1. The molecule has 0 aromatic heterocycles. The summed E-state index contributed by atoms with van der Waals surface area (Å²) < 4.78 is 5.73. The Bertz CT molecular complexity index is 1210. The highest BCUT2D eigenvalue weighted by atomic mass is 16.5. The third kappa shape index (κ3) is 9.05. The van der Waals surface area contributed by atoms with Crippen molar-refractivity contribution in [2.45, 2.75) is 105 Å². The molecule has 2 atom stereocenters. The summed E-state index contributed by atoms with van der Waals surface area (Å²) >= 11 is 0. The first-order valence-corrected chi connectivity index (χ1v) is 14.5. The fraction of sp³-hybridized carbons (Fsp3) is 0.545. The maximum absolute atomic E-state index is 12.4. The van der Waals surface area contributed by atoms with Crippen LogP contribution in [0.4, 0.5) is 0 Å². The molecule has 0 saturated heterocycles. The number of carbonyl (C=O) groups excluding carboxylic acids is 2. The van der Waals surface area contributed by atoms with E-state index in [4.69, 9.17) is 10.5 Å². The number of rotatable bonds is 15. The molecule has 0 fully saturated rings. The van der Waals surface area contributed by atoms with Crippen LogP contribution in [0.3, 0.4) is 0 Å². The molecule has 2 rings (SSSR count). The molecule has 0 aliphatic carbocycles. The van der Waals surface area contributed by atoms with E-state index in [1.54, 1.807) is 0 Å². The van der Waals surface area contributed by atoms with E-state index in [9.17, 15) is 24.6 Å². The molecule has 0 heterocycles. The fourth-order valence-corrected chi connectivity index (χ4v) is 5.26. The van der Waals surface area contributed by atoms with Gasteiger partial charge in [-0.1, -0.05) is 65.0 Å². The number of aliphatic carboxylic acids is 1. The lowest BCUT2D eigenvalue weighted by molar-refractivity contribution is -0.142. The van der Waals surface area contributed by atoms with Crippen LogP contribution in [0.5, 0.6) is 5.75 Å². The van der Waals surface area contributed by atoms with Crippen LogP contribution in [0, 0.1) is 19.3 Å². The number of nitrogens with one attached hydrogen (secondary N) is 1. The number of carboxylic acids is 1. The third-order valence-electron chi connectivity index (χ3n) is 8.19. The van der Waals surface area contributed by atoms with Gasteiger partial charge in [-0.25, -0.2) is 4.79 Å². The van der Waals surface area contributed by atoms with Crippen LogP contribution in [0.15, 0.2) is 36.4 Å². The van der Waals surface area contributed by atoms with Crippen molar-refractivity contribution in [3.05, 3.63) is 64.2 Å². The predicted octanol–water partition coefficient (Wildman–Crippen LogP) is 4.96. The van der Waals surface area contributed by atoms with Gasteiger partial charge in [0.25, 0.3) is 5.91 Å². The molecule has 226 valence electrons. The van der Waals surface area contributed by atoms with Crippen LogP contribution >= 0.6 is 0 Å². The Hall–Kier alpha value is -3.39. The Labute approximate surface area is 244 Å². The molecule has 41 heavy (non-hydrogen) atoms. The summed E-state index contributed by atoms with van der Waals surface area (Å²) in [6.45, 7) is 14.3. The minimum absolute atomic E-state index is 0.0838. The number of carboxylic acid groups (broad SMARTS) is 1. The summed E-state index contributed by atoms with van der Waals surface area (Å²) in [6, 6.07) is 11.4. The van der Waals surface area contributed by atoms with E-state index in [-0.39, 0.29) is 36.4 Å². The molecule has 1 unspecified atom stereocenters. The van der Waals surface area contributed by atoms with Gasteiger partial charge in [-0.15, -0.1) is 0 Å². The highest BCUT2D eigenvalue weighted by Crippen LogP contribution is 2.41. The van der Waals surface area contributed by atoms with E-state index in [1.807, 2.05) is 19.1 Å². The van der Waals surface area contributed by atoms with E-state index in [0.717, 1.165) is 36.8 Å². The molecule has 5 N–H and O–H groups in total. The number of benzene rings is 2. The Morgan fingerprint density at radius 1 is 0.951 bits per heavy atom. The summed E-state index contributed by atoms with van der Waals surface area (Å²) in [5, 5.41) is 22.2. The van der Waals surface area contributed by atoms with Gasteiger partial charge in [0.05, 0.1) is 6.10 Å². The number of aryl methyl sites for hydroxylation is 3. The first-order valence-electron chi connectivity index (χ1n) is 14.5. The average molecular weight is 569 g/mol. The van der Waals surface area contributed by atoms with Crippen molar-refractivity contribution >= 4 is 17.8 Å². The molecule has 0 saturated carbocycles. The van der Waals surface area contributed by atoms with Crippen molar-refractivity contribution in [3.63, 3.8) is 0 Å². The van der Waals surface area contributed by atoms with Gasteiger partial charge in [0.2, 0.25) is 5.91 Å². The van der Waals surface area contributed by atoms with Gasteiger partial charge in [0.15, 0.2) is 6.61 Å². The molecular formula is C33H48N2O6. The average Bonchev–Trinajstić information content (AvgIpc) is 2.90. The van der Waals surface area contributed by atoms with Gasteiger partial charge in [0.1, 0.15) is 11.8 Å². The zero-order valence-corrected chi connectivity index (χ0v) is 25.7. The van der Waals surface area contributed by atoms with E-state index in [1.165, 1.54) is 16.7 Å². The molecule has 2 amide bonds. The number of hydrogen-bond donors (Lipinski definition) is 4. The van der Waals surface area contributed by atoms with Gasteiger partial charge >= 0.3 is 5.97 Å². The lowest BCUT2D eigenvalue weighted by Crippen LogP contribution is -2.43. The van der Waals surface area contributed by atoms with Crippen molar-refractivity contribution in [2.24, 2.45) is 11.1 Å². The first kappa shape index (κ1) is 33.8. The number of nitrogens with two attached hydrogens (primary N) is 1. The number of aliphatic hydroxyl groups excluding tert-OH is 1. The maximum Gasteiger partial charge on any atom is 0.326 e. The van der Waals surface area contributed by atoms with Crippen molar-refractivity contribution in [2.75, 3.05) is 6.61 Å². The molecule has 8 heteroatoms. The highest BCUT2D eigenvalue weighted by molar-refractivity contribution is 5.85. The highest BCUT2D eigenvalue weighted by Gasteiger charge is 2.32. The molecular weight excluding hydrogens is 520 g/mol. The minimum atomic E-state index is -1.23. The normalized spacial score (nSPS) is 13.4. The van der Waals surface area contributed by atoms with E-state index in [0.29, 0.717) is 5.75 Å². The second kappa shape index (κ2) is 14.5. The summed E-state index contributed by atoms with van der Waals surface area (Å²) in [4.78, 5) is 34.7. The minimum Gasteiger partial charge on any atom is -0.484 e. The molecule has 0 aliphatic rings. The number of carbonyl (C=O) groups is 3.